The third-order valence-corrected chi connectivity index (χ3v) is 5.70. The number of ether oxygens (including phenoxy) is 1. The van der Waals surface area contributed by atoms with E-state index in [1.165, 1.54) is 5.56 Å². The molecule has 134 valence electrons. The first-order valence-electron chi connectivity index (χ1n) is 8.57. The van der Waals surface area contributed by atoms with E-state index in [2.05, 4.69) is 34.9 Å². The molecule has 2 fully saturated rings. The Bertz CT molecular complexity index is 497. The fourth-order valence-corrected chi connectivity index (χ4v) is 4.30. The smallest absolute Gasteiger partial charge is 0.221 e. The summed E-state index contributed by atoms with van der Waals surface area (Å²) in [5, 5.41) is 6.55. The maximum absolute atomic E-state index is 12.2. The minimum absolute atomic E-state index is 0. The van der Waals surface area contributed by atoms with E-state index in [0.29, 0.717) is 24.9 Å². The molecular weight excluding hydrogens is 344 g/mol. The van der Waals surface area contributed by atoms with Crippen LogP contribution in [0.3, 0.4) is 0 Å². The van der Waals surface area contributed by atoms with Crippen LogP contribution < -0.4 is 10.6 Å². The van der Waals surface area contributed by atoms with Crippen molar-refractivity contribution in [1.29, 1.82) is 0 Å². The molecule has 3 atom stereocenters. The molecule has 0 aliphatic carbocycles. The second-order valence-corrected chi connectivity index (χ2v) is 7.49. The van der Waals surface area contributed by atoms with Crippen LogP contribution in [0.2, 0.25) is 0 Å². The van der Waals surface area contributed by atoms with Crippen LogP contribution in [0.1, 0.15) is 30.9 Å². The number of halogens is 1. The van der Waals surface area contributed by atoms with Gasteiger partial charge in [0, 0.05) is 49.6 Å². The minimum atomic E-state index is 0. The van der Waals surface area contributed by atoms with Gasteiger partial charge < -0.3 is 15.4 Å². The first-order chi connectivity index (χ1) is 11.3. The number of thioether (sulfide) groups is 1. The molecule has 2 N–H and O–H groups in total. The molecule has 0 bridgehead atoms. The molecule has 3 unspecified atom stereocenters. The molecule has 1 aromatic rings. The number of hydrogen-bond donors (Lipinski definition) is 2. The van der Waals surface area contributed by atoms with Crippen LogP contribution in [-0.4, -0.2) is 43.2 Å². The van der Waals surface area contributed by atoms with Crippen LogP contribution in [0.5, 0.6) is 0 Å². The van der Waals surface area contributed by atoms with Crippen molar-refractivity contribution in [3.05, 3.63) is 35.9 Å². The number of nitrogens with one attached hydrogen (secondary N) is 2. The quantitative estimate of drug-likeness (QED) is 0.836. The minimum Gasteiger partial charge on any atom is -0.373 e. The van der Waals surface area contributed by atoms with Gasteiger partial charge in [0.2, 0.25) is 5.91 Å². The second-order valence-electron chi connectivity index (χ2n) is 6.34. The number of amides is 1. The Labute approximate surface area is 154 Å². The van der Waals surface area contributed by atoms with Gasteiger partial charge in [-0.2, -0.15) is 11.8 Å². The number of benzene rings is 1. The third kappa shape index (κ3) is 5.66. The van der Waals surface area contributed by atoms with Crippen molar-refractivity contribution in [2.24, 2.45) is 5.92 Å². The van der Waals surface area contributed by atoms with E-state index in [4.69, 9.17) is 4.74 Å². The van der Waals surface area contributed by atoms with Gasteiger partial charge in [0.05, 0.1) is 6.10 Å². The van der Waals surface area contributed by atoms with Gasteiger partial charge in [0.25, 0.3) is 0 Å². The molecule has 3 rings (SSSR count). The number of rotatable bonds is 5. The zero-order valence-corrected chi connectivity index (χ0v) is 15.5. The van der Waals surface area contributed by atoms with Gasteiger partial charge in [-0.1, -0.05) is 30.3 Å². The second kappa shape index (κ2) is 10.3. The van der Waals surface area contributed by atoms with Gasteiger partial charge in [-0.15, -0.1) is 12.4 Å². The summed E-state index contributed by atoms with van der Waals surface area (Å²) in [5.74, 6) is 2.70. The zero-order chi connectivity index (χ0) is 15.9. The van der Waals surface area contributed by atoms with Crippen LogP contribution in [0.25, 0.3) is 0 Å². The van der Waals surface area contributed by atoms with E-state index >= 15 is 0 Å². The molecule has 0 saturated carbocycles. The summed E-state index contributed by atoms with van der Waals surface area (Å²) >= 11 is 1.93. The van der Waals surface area contributed by atoms with Gasteiger partial charge >= 0.3 is 0 Å². The number of carbonyl (C=O) groups excluding carboxylic acids is 1. The van der Waals surface area contributed by atoms with Crippen molar-refractivity contribution in [2.45, 2.75) is 31.4 Å². The molecule has 2 aliphatic heterocycles. The third-order valence-electron chi connectivity index (χ3n) is 4.56. The van der Waals surface area contributed by atoms with Crippen molar-refractivity contribution in [3.63, 3.8) is 0 Å². The normalized spacial score (nSPS) is 27.1. The highest BCUT2D eigenvalue weighted by Crippen LogP contribution is 2.33. The Morgan fingerprint density at radius 3 is 2.92 bits per heavy atom. The van der Waals surface area contributed by atoms with E-state index in [-0.39, 0.29) is 24.4 Å². The maximum atomic E-state index is 12.2. The average Bonchev–Trinajstić information content (AvgIpc) is 2.62. The molecular formula is C18H27ClN2O2S. The fraction of sp³-hybridized carbons (Fsp3) is 0.611. The Balaban J connectivity index is 0.00000208. The molecule has 6 heteroatoms. The first kappa shape index (κ1) is 19.6. The Morgan fingerprint density at radius 1 is 1.33 bits per heavy atom. The van der Waals surface area contributed by atoms with Crippen LogP contribution in [0.4, 0.5) is 0 Å². The first-order valence-corrected chi connectivity index (χ1v) is 9.73. The van der Waals surface area contributed by atoms with E-state index < -0.39 is 0 Å². The average molecular weight is 371 g/mol. The van der Waals surface area contributed by atoms with Gasteiger partial charge in [-0.3, -0.25) is 4.79 Å². The summed E-state index contributed by atoms with van der Waals surface area (Å²) in [5.41, 5.74) is 1.22. The molecule has 1 aromatic carbocycles. The largest absolute Gasteiger partial charge is 0.373 e. The molecule has 0 aromatic heterocycles. The number of carbonyl (C=O) groups is 1. The standard InChI is InChI=1S/C18H26N2O2S.ClH/c21-17(11-16-13-23-10-8-19-16)20-12-15-7-4-9-22-18(15)14-5-2-1-3-6-14;/h1-3,5-6,15-16,18-19H,4,7-13H2,(H,20,21);1H. The lowest BCUT2D eigenvalue weighted by Crippen LogP contribution is -2.42. The molecule has 2 heterocycles. The molecule has 0 spiro atoms. The van der Waals surface area contributed by atoms with Gasteiger partial charge in [-0.05, 0) is 18.4 Å². The van der Waals surface area contributed by atoms with E-state index in [1.807, 2.05) is 17.8 Å². The lowest BCUT2D eigenvalue weighted by molar-refractivity contribution is -0.122. The molecule has 0 radical (unpaired) electrons. The van der Waals surface area contributed by atoms with Gasteiger partial charge in [0.15, 0.2) is 0 Å². The monoisotopic (exact) mass is 370 g/mol. The summed E-state index contributed by atoms with van der Waals surface area (Å²) in [6.07, 6.45) is 2.87. The van der Waals surface area contributed by atoms with Crippen molar-refractivity contribution < 1.29 is 9.53 Å². The molecule has 4 nitrogen and oxygen atoms in total. The molecule has 1 amide bonds. The van der Waals surface area contributed by atoms with Gasteiger partial charge in [-0.25, -0.2) is 0 Å². The summed E-state index contributed by atoms with van der Waals surface area (Å²) in [7, 11) is 0. The lowest BCUT2D eigenvalue weighted by atomic mass is 9.89. The highest BCUT2D eigenvalue weighted by molar-refractivity contribution is 7.99. The summed E-state index contributed by atoms with van der Waals surface area (Å²) in [6.45, 7) is 2.53. The van der Waals surface area contributed by atoms with Crippen molar-refractivity contribution in [2.75, 3.05) is 31.2 Å². The van der Waals surface area contributed by atoms with E-state index in [1.54, 1.807) is 0 Å². The van der Waals surface area contributed by atoms with Crippen molar-refractivity contribution in [1.82, 2.24) is 10.6 Å². The summed E-state index contributed by atoms with van der Waals surface area (Å²) in [4.78, 5) is 12.2. The Hall–Kier alpha value is -0.750. The maximum Gasteiger partial charge on any atom is 0.221 e. The topological polar surface area (TPSA) is 50.4 Å². The van der Waals surface area contributed by atoms with Crippen LogP contribution in [0.15, 0.2) is 30.3 Å². The lowest BCUT2D eigenvalue weighted by Gasteiger charge is -2.32. The zero-order valence-electron chi connectivity index (χ0n) is 13.9. The molecule has 2 saturated heterocycles. The predicted molar refractivity (Wildman–Crippen MR) is 102 cm³/mol. The predicted octanol–water partition coefficient (Wildman–Crippen LogP) is 2.79. The van der Waals surface area contributed by atoms with Crippen LogP contribution >= 0.6 is 24.2 Å². The highest BCUT2D eigenvalue weighted by atomic mass is 35.5. The van der Waals surface area contributed by atoms with Crippen LogP contribution in [0, 0.1) is 5.92 Å². The van der Waals surface area contributed by atoms with Crippen LogP contribution in [-0.2, 0) is 9.53 Å². The van der Waals surface area contributed by atoms with E-state index in [0.717, 1.165) is 37.5 Å². The van der Waals surface area contributed by atoms with Crippen molar-refractivity contribution in [3.8, 4) is 0 Å². The van der Waals surface area contributed by atoms with E-state index in [9.17, 15) is 4.79 Å². The SMILES string of the molecule is Cl.O=C(CC1CSCCN1)NCC1CCCOC1c1ccccc1. The summed E-state index contributed by atoms with van der Waals surface area (Å²) in [6, 6.07) is 10.7. The Kier molecular flexibility index (Phi) is 8.39. The molecule has 2 aliphatic rings. The fourth-order valence-electron chi connectivity index (χ4n) is 3.36. The molecule has 24 heavy (non-hydrogen) atoms. The van der Waals surface area contributed by atoms with Crippen molar-refractivity contribution >= 4 is 30.1 Å². The van der Waals surface area contributed by atoms with Gasteiger partial charge in [0.1, 0.15) is 0 Å². The summed E-state index contributed by atoms with van der Waals surface area (Å²) < 4.78 is 5.99. The number of hydrogen-bond acceptors (Lipinski definition) is 4. The Morgan fingerprint density at radius 2 is 2.17 bits per heavy atom. The highest BCUT2D eigenvalue weighted by Gasteiger charge is 2.28.